The maximum atomic E-state index is 14.4. The summed E-state index contributed by atoms with van der Waals surface area (Å²) in [6.07, 6.45) is 0.274. The Balaban J connectivity index is 2.01. The zero-order chi connectivity index (χ0) is 25.5. The molecular weight excluding hydrogens is 449 g/mol. The van der Waals surface area contributed by atoms with Crippen LogP contribution in [0.25, 0.3) is 32.9 Å². The van der Waals surface area contributed by atoms with Crippen molar-refractivity contribution in [2.75, 3.05) is 0 Å². The van der Waals surface area contributed by atoms with Crippen LogP contribution in [0.4, 0.5) is 4.39 Å². The fraction of sp³-hybridized carbons (Fsp3) is 0.333. The van der Waals surface area contributed by atoms with Gasteiger partial charge in [-0.05, 0) is 52.0 Å². The van der Waals surface area contributed by atoms with Crippen LogP contribution in [-0.2, 0) is 27.4 Å². The molecule has 0 spiro atoms. The van der Waals surface area contributed by atoms with E-state index >= 15 is 0 Å². The van der Waals surface area contributed by atoms with Gasteiger partial charge in [-0.3, -0.25) is 14.4 Å². The first-order valence-electron chi connectivity index (χ1n) is 11.5. The van der Waals surface area contributed by atoms with E-state index in [1.54, 1.807) is 62.6 Å². The van der Waals surface area contributed by atoms with Crippen LogP contribution in [-0.4, -0.2) is 31.7 Å². The van der Waals surface area contributed by atoms with Gasteiger partial charge in [0.05, 0.1) is 5.39 Å². The van der Waals surface area contributed by atoms with Gasteiger partial charge in [-0.15, -0.1) is 0 Å². The molecule has 0 aliphatic rings. The van der Waals surface area contributed by atoms with Crippen molar-refractivity contribution in [3.05, 3.63) is 64.3 Å². The number of hydrogen-bond donors (Lipinski definition) is 0. The van der Waals surface area contributed by atoms with E-state index < -0.39 is 17.4 Å². The molecule has 4 rings (SSSR count). The number of halogens is 1. The highest BCUT2D eigenvalue weighted by atomic mass is 19.1. The van der Waals surface area contributed by atoms with Crippen LogP contribution in [0.2, 0.25) is 0 Å². The number of esters is 1. The molecule has 35 heavy (non-hydrogen) atoms. The third-order valence-electron chi connectivity index (χ3n) is 5.82. The molecule has 0 amide bonds. The van der Waals surface area contributed by atoms with Crippen LogP contribution < -0.4 is 5.56 Å². The van der Waals surface area contributed by atoms with E-state index in [2.05, 4.69) is 5.10 Å². The number of Topliss-reactive ketones (excluding diaryl/α,β-unsaturated/α-hetero) is 1. The summed E-state index contributed by atoms with van der Waals surface area (Å²) >= 11 is 0. The highest BCUT2D eigenvalue weighted by Crippen LogP contribution is 2.37. The van der Waals surface area contributed by atoms with Gasteiger partial charge in [0.15, 0.2) is 5.78 Å². The van der Waals surface area contributed by atoms with Crippen molar-refractivity contribution in [3.63, 3.8) is 0 Å². The fourth-order valence-electron chi connectivity index (χ4n) is 4.27. The average molecular weight is 478 g/mol. The molecular formula is C27H28FN3O4. The number of hydrogen-bond acceptors (Lipinski definition) is 5. The maximum Gasteiger partial charge on any atom is 0.326 e. The fourth-order valence-corrected chi connectivity index (χ4v) is 4.27. The van der Waals surface area contributed by atoms with Crippen molar-refractivity contribution in [1.82, 2.24) is 14.3 Å². The smallest absolute Gasteiger partial charge is 0.326 e. The van der Waals surface area contributed by atoms with E-state index in [4.69, 9.17) is 4.74 Å². The van der Waals surface area contributed by atoms with Gasteiger partial charge in [0.2, 0.25) is 0 Å². The van der Waals surface area contributed by atoms with Gasteiger partial charge in [0, 0.05) is 34.0 Å². The number of aromatic nitrogens is 3. The average Bonchev–Trinajstić information content (AvgIpc) is 3.04. The van der Waals surface area contributed by atoms with Crippen LogP contribution in [0.1, 0.15) is 39.8 Å². The lowest BCUT2D eigenvalue weighted by atomic mass is 10.0. The number of ketones is 1. The summed E-state index contributed by atoms with van der Waals surface area (Å²) in [4.78, 5) is 37.9. The first-order chi connectivity index (χ1) is 16.5. The summed E-state index contributed by atoms with van der Waals surface area (Å²) < 4.78 is 22.9. The number of nitrogens with zero attached hydrogens (tertiary/aromatic N) is 3. The summed E-state index contributed by atoms with van der Waals surface area (Å²) in [5, 5.41) is 6.13. The summed E-state index contributed by atoms with van der Waals surface area (Å²) in [6.45, 7) is 8.71. The van der Waals surface area contributed by atoms with Gasteiger partial charge < -0.3 is 9.30 Å². The normalized spacial score (nSPS) is 11.8. The lowest BCUT2D eigenvalue weighted by Crippen LogP contribution is -2.27. The summed E-state index contributed by atoms with van der Waals surface area (Å²) in [5.41, 5.74) is 1.32. The van der Waals surface area contributed by atoms with E-state index in [0.717, 1.165) is 0 Å². The lowest BCUT2D eigenvalue weighted by Gasteiger charge is -2.20. The number of carbonyl (C=O) groups excluding carboxylic acids is 2. The molecule has 0 saturated carbocycles. The van der Waals surface area contributed by atoms with Crippen LogP contribution in [0.5, 0.6) is 0 Å². The highest BCUT2D eigenvalue weighted by Gasteiger charge is 2.24. The van der Waals surface area contributed by atoms with Gasteiger partial charge in [0.25, 0.3) is 5.56 Å². The first kappa shape index (κ1) is 24.3. The second kappa shape index (κ2) is 9.09. The Morgan fingerprint density at radius 3 is 2.37 bits per heavy atom. The Morgan fingerprint density at radius 2 is 1.71 bits per heavy atom. The molecule has 0 atom stereocenters. The predicted octanol–water partition coefficient (Wildman–Crippen LogP) is 4.79. The minimum absolute atomic E-state index is 0.0723. The Kier molecular flexibility index (Phi) is 6.32. The standard InChI is InChI=1S/C27H28FN3O4/c1-6-18(32)14-31-26(34)20-10-8-7-9-19(20)25(29-31)24-16(2)30(15-23(33)35-27(3,4)5)22-12-11-17(28)13-21(22)24/h7-13H,6,14-15H2,1-5H3. The lowest BCUT2D eigenvalue weighted by molar-refractivity contribution is -0.155. The van der Waals surface area contributed by atoms with Crippen LogP contribution in [0, 0.1) is 12.7 Å². The molecule has 0 saturated heterocycles. The molecule has 0 aliphatic heterocycles. The molecule has 0 fully saturated rings. The number of rotatable bonds is 6. The van der Waals surface area contributed by atoms with E-state index in [0.29, 0.717) is 38.6 Å². The first-order valence-corrected chi connectivity index (χ1v) is 11.5. The maximum absolute atomic E-state index is 14.4. The van der Waals surface area contributed by atoms with Crippen LogP contribution in [0.3, 0.4) is 0 Å². The van der Waals surface area contributed by atoms with Crippen LogP contribution in [0.15, 0.2) is 47.3 Å². The minimum atomic E-state index is -0.651. The van der Waals surface area contributed by atoms with E-state index in [1.807, 2.05) is 6.92 Å². The molecule has 2 heterocycles. The summed E-state index contributed by atoms with van der Waals surface area (Å²) in [5.74, 6) is -0.993. The van der Waals surface area contributed by atoms with Gasteiger partial charge in [-0.25, -0.2) is 9.07 Å². The van der Waals surface area contributed by atoms with Crippen molar-refractivity contribution in [2.24, 2.45) is 0 Å². The second-order valence-corrected chi connectivity index (χ2v) is 9.54. The SMILES string of the molecule is CCC(=O)Cn1nc(-c2c(C)n(CC(=O)OC(C)(C)C)c3ccc(F)cc23)c2ccccc2c1=O. The van der Waals surface area contributed by atoms with Crippen molar-refractivity contribution in [3.8, 4) is 11.3 Å². The third-order valence-corrected chi connectivity index (χ3v) is 5.82. The van der Waals surface area contributed by atoms with E-state index in [-0.39, 0.29) is 30.9 Å². The zero-order valence-corrected chi connectivity index (χ0v) is 20.5. The van der Waals surface area contributed by atoms with Gasteiger partial charge >= 0.3 is 5.97 Å². The minimum Gasteiger partial charge on any atom is -0.459 e. The number of carbonyl (C=O) groups is 2. The van der Waals surface area contributed by atoms with Crippen molar-refractivity contribution < 1.29 is 18.7 Å². The molecule has 7 nitrogen and oxygen atoms in total. The molecule has 0 bridgehead atoms. The Bertz CT molecular complexity index is 1530. The Labute approximate surface area is 202 Å². The summed E-state index contributed by atoms with van der Waals surface area (Å²) in [6, 6.07) is 11.4. The van der Waals surface area contributed by atoms with Gasteiger partial charge in [0.1, 0.15) is 30.2 Å². The molecule has 0 unspecified atom stereocenters. The molecule has 0 radical (unpaired) electrons. The molecule has 182 valence electrons. The van der Waals surface area contributed by atoms with E-state index in [1.165, 1.54) is 16.8 Å². The Morgan fingerprint density at radius 1 is 1.03 bits per heavy atom. The van der Waals surface area contributed by atoms with Crippen molar-refractivity contribution >= 4 is 33.4 Å². The number of benzene rings is 2. The largest absolute Gasteiger partial charge is 0.459 e. The molecule has 8 heteroatoms. The number of fused-ring (bicyclic) bond motifs is 2. The topological polar surface area (TPSA) is 83.2 Å². The predicted molar refractivity (Wildman–Crippen MR) is 133 cm³/mol. The zero-order valence-electron chi connectivity index (χ0n) is 20.5. The molecule has 4 aromatic rings. The second-order valence-electron chi connectivity index (χ2n) is 9.54. The highest BCUT2D eigenvalue weighted by molar-refractivity contribution is 6.05. The van der Waals surface area contributed by atoms with Crippen LogP contribution >= 0.6 is 0 Å². The molecule has 0 N–H and O–H groups in total. The summed E-state index contributed by atoms with van der Waals surface area (Å²) in [7, 11) is 0. The Hall–Kier alpha value is -3.81. The van der Waals surface area contributed by atoms with Gasteiger partial charge in [-0.2, -0.15) is 5.10 Å². The third kappa shape index (κ3) is 4.73. The van der Waals surface area contributed by atoms with E-state index in [9.17, 15) is 18.8 Å². The molecule has 2 aromatic carbocycles. The van der Waals surface area contributed by atoms with Crippen molar-refractivity contribution in [1.29, 1.82) is 0 Å². The number of ether oxygens (including phenoxy) is 1. The van der Waals surface area contributed by atoms with Gasteiger partial charge in [-0.1, -0.05) is 25.1 Å². The van der Waals surface area contributed by atoms with Crippen molar-refractivity contribution in [2.45, 2.75) is 59.7 Å². The quantitative estimate of drug-likeness (QED) is 0.373. The molecule has 0 aliphatic carbocycles. The monoisotopic (exact) mass is 477 g/mol. The molecule has 2 aromatic heterocycles.